The lowest BCUT2D eigenvalue weighted by Crippen LogP contribution is -2.32. The smallest absolute Gasteiger partial charge is 0.0940 e. The first kappa shape index (κ1) is 13.2. The molecule has 2 nitrogen and oxygen atoms in total. The van der Waals surface area contributed by atoms with Crippen molar-refractivity contribution in [1.82, 2.24) is 5.32 Å². The van der Waals surface area contributed by atoms with Crippen molar-refractivity contribution in [3.8, 4) is 0 Å². The number of rotatable bonds is 7. The molecular formula is C14H23NO. The fraction of sp³-hybridized carbons (Fsp3) is 0.571. The molecule has 0 radical (unpaired) electrons. The van der Waals surface area contributed by atoms with Gasteiger partial charge in [0.1, 0.15) is 0 Å². The molecule has 0 aliphatic carbocycles. The molecular weight excluding hydrogens is 198 g/mol. The standard InChI is InChI=1S/C14H23NO/c1-3-4-8-11-15-12(2)14(16)13-9-6-5-7-10-13/h5-7,9-10,12,14-16H,3-4,8,11H2,1-2H3. The zero-order valence-electron chi connectivity index (χ0n) is 10.3. The Morgan fingerprint density at radius 3 is 2.50 bits per heavy atom. The first-order valence-electron chi connectivity index (χ1n) is 6.22. The summed E-state index contributed by atoms with van der Waals surface area (Å²) in [6.07, 6.45) is 3.25. The van der Waals surface area contributed by atoms with Gasteiger partial charge in [0.25, 0.3) is 0 Å². The molecule has 1 rings (SSSR count). The molecule has 0 amide bonds. The summed E-state index contributed by atoms with van der Waals surface area (Å²) in [6, 6.07) is 9.93. The van der Waals surface area contributed by atoms with E-state index in [2.05, 4.69) is 12.2 Å². The van der Waals surface area contributed by atoms with Crippen LogP contribution in [0.3, 0.4) is 0 Å². The van der Waals surface area contributed by atoms with E-state index in [1.54, 1.807) is 0 Å². The van der Waals surface area contributed by atoms with Gasteiger partial charge >= 0.3 is 0 Å². The summed E-state index contributed by atoms with van der Waals surface area (Å²) in [6.45, 7) is 5.21. The third kappa shape index (κ3) is 4.33. The number of benzene rings is 1. The van der Waals surface area contributed by atoms with E-state index in [0.29, 0.717) is 0 Å². The Kier molecular flexibility index (Phi) is 6.12. The fourth-order valence-electron chi connectivity index (χ4n) is 1.76. The fourth-order valence-corrected chi connectivity index (χ4v) is 1.76. The SMILES string of the molecule is CCCCCNC(C)C(O)c1ccccc1. The predicted octanol–water partition coefficient (Wildman–Crippen LogP) is 2.89. The highest BCUT2D eigenvalue weighted by Crippen LogP contribution is 2.15. The van der Waals surface area contributed by atoms with Crippen LogP contribution in [0.25, 0.3) is 0 Å². The van der Waals surface area contributed by atoms with Gasteiger partial charge in [0.15, 0.2) is 0 Å². The average Bonchev–Trinajstić information content (AvgIpc) is 2.34. The Bertz CT molecular complexity index is 273. The Morgan fingerprint density at radius 2 is 1.88 bits per heavy atom. The summed E-state index contributed by atoms with van der Waals surface area (Å²) in [5.74, 6) is 0. The van der Waals surface area contributed by atoms with Crippen LogP contribution in [0.2, 0.25) is 0 Å². The van der Waals surface area contributed by atoms with Gasteiger partial charge in [-0.2, -0.15) is 0 Å². The van der Waals surface area contributed by atoms with Crippen LogP contribution >= 0.6 is 0 Å². The molecule has 0 aliphatic rings. The number of nitrogens with one attached hydrogen (secondary N) is 1. The van der Waals surface area contributed by atoms with Crippen molar-refractivity contribution in [1.29, 1.82) is 0 Å². The van der Waals surface area contributed by atoms with E-state index in [1.807, 2.05) is 37.3 Å². The number of hydrogen-bond donors (Lipinski definition) is 2. The van der Waals surface area contributed by atoms with Crippen LogP contribution in [0.1, 0.15) is 44.8 Å². The molecule has 0 fully saturated rings. The molecule has 2 unspecified atom stereocenters. The van der Waals surface area contributed by atoms with E-state index in [1.165, 1.54) is 19.3 Å². The summed E-state index contributed by atoms with van der Waals surface area (Å²) in [4.78, 5) is 0. The van der Waals surface area contributed by atoms with E-state index in [4.69, 9.17) is 0 Å². The summed E-state index contributed by atoms with van der Waals surface area (Å²) < 4.78 is 0. The lowest BCUT2D eigenvalue weighted by molar-refractivity contribution is 0.136. The minimum atomic E-state index is -0.414. The van der Waals surface area contributed by atoms with Crippen LogP contribution in [-0.4, -0.2) is 17.7 Å². The monoisotopic (exact) mass is 221 g/mol. The van der Waals surface area contributed by atoms with Crippen molar-refractivity contribution in [2.75, 3.05) is 6.54 Å². The maximum absolute atomic E-state index is 10.1. The maximum Gasteiger partial charge on any atom is 0.0940 e. The Labute approximate surface area is 98.7 Å². The average molecular weight is 221 g/mol. The molecule has 16 heavy (non-hydrogen) atoms. The van der Waals surface area contributed by atoms with Gasteiger partial charge in [0, 0.05) is 6.04 Å². The molecule has 2 atom stereocenters. The molecule has 0 aromatic heterocycles. The molecule has 0 saturated heterocycles. The first-order valence-corrected chi connectivity index (χ1v) is 6.22. The third-order valence-electron chi connectivity index (χ3n) is 2.86. The Morgan fingerprint density at radius 1 is 1.19 bits per heavy atom. The lowest BCUT2D eigenvalue weighted by Gasteiger charge is -2.20. The van der Waals surface area contributed by atoms with Gasteiger partial charge in [-0.15, -0.1) is 0 Å². The number of hydrogen-bond acceptors (Lipinski definition) is 2. The second kappa shape index (κ2) is 7.42. The van der Waals surface area contributed by atoms with E-state index in [9.17, 15) is 5.11 Å². The lowest BCUT2D eigenvalue weighted by atomic mass is 10.0. The number of aliphatic hydroxyl groups excluding tert-OH is 1. The summed E-state index contributed by atoms with van der Waals surface area (Å²) in [5, 5.41) is 13.4. The van der Waals surface area contributed by atoms with Crippen molar-refractivity contribution in [3.05, 3.63) is 35.9 Å². The molecule has 0 spiro atoms. The molecule has 0 bridgehead atoms. The Hall–Kier alpha value is -0.860. The van der Waals surface area contributed by atoms with E-state index >= 15 is 0 Å². The highest BCUT2D eigenvalue weighted by molar-refractivity contribution is 5.18. The van der Waals surface area contributed by atoms with E-state index in [-0.39, 0.29) is 6.04 Å². The van der Waals surface area contributed by atoms with Crippen molar-refractivity contribution < 1.29 is 5.11 Å². The van der Waals surface area contributed by atoms with Gasteiger partial charge < -0.3 is 10.4 Å². The van der Waals surface area contributed by atoms with Gasteiger partial charge in [-0.3, -0.25) is 0 Å². The van der Waals surface area contributed by atoms with Gasteiger partial charge in [-0.05, 0) is 25.5 Å². The molecule has 1 aromatic carbocycles. The van der Waals surface area contributed by atoms with Gasteiger partial charge in [-0.1, -0.05) is 50.1 Å². The predicted molar refractivity (Wildman–Crippen MR) is 68.4 cm³/mol. The molecule has 1 aromatic rings. The van der Waals surface area contributed by atoms with Crippen molar-refractivity contribution >= 4 is 0 Å². The first-order chi connectivity index (χ1) is 7.75. The summed E-state index contributed by atoms with van der Waals surface area (Å²) in [5.41, 5.74) is 0.984. The highest BCUT2D eigenvalue weighted by atomic mass is 16.3. The molecule has 2 heteroatoms. The topological polar surface area (TPSA) is 32.3 Å². The zero-order chi connectivity index (χ0) is 11.8. The summed E-state index contributed by atoms with van der Waals surface area (Å²) in [7, 11) is 0. The van der Waals surface area contributed by atoms with Gasteiger partial charge in [0.2, 0.25) is 0 Å². The van der Waals surface area contributed by atoms with Crippen molar-refractivity contribution in [2.45, 2.75) is 45.3 Å². The molecule has 2 N–H and O–H groups in total. The Balaban J connectivity index is 2.33. The minimum absolute atomic E-state index is 0.110. The second-order valence-corrected chi connectivity index (χ2v) is 4.31. The largest absolute Gasteiger partial charge is 0.387 e. The molecule has 0 heterocycles. The van der Waals surface area contributed by atoms with Crippen LogP contribution in [0.15, 0.2) is 30.3 Å². The van der Waals surface area contributed by atoms with Crippen LogP contribution in [-0.2, 0) is 0 Å². The summed E-state index contributed by atoms with van der Waals surface area (Å²) >= 11 is 0. The van der Waals surface area contributed by atoms with Crippen LogP contribution in [0.5, 0.6) is 0 Å². The minimum Gasteiger partial charge on any atom is -0.387 e. The molecule has 0 aliphatic heterocycles. The van der Waals surface area contributed by atoms with Crippen LogP contribution in [0.4, 0.5) is 0 Å². The second-order valence-electron chi connectivity index (χ2n) is 4.31. The van der Waals surface area contributed by atoms with E-state index < -0.39 is 6.10 Å². The molecule has 90 valence electrons. The van der Waals surface area contributed by atoms with Crippen LogP contribution in [0, 0.1) is 0 Å². The van der Waals surface area contributed by atoms with Gasteiger partial charge in [0.05, 0.1) is 6.10 Å². The quantitative estimate of drug-likeness (QED) is 0.694. The normalized spacial score (nSPS) is 14.7. The van der Waals surface area contributed by atoms with Gasteiger partial charge in [-0.25, -0.2) is 0 Å². The molecule has 0 saturated carbocycles. The maximum atomic E-state index is 10.1. The van der Waals surface area contributed by atoms with Crippen LogP contribution < -0.4 is 5.32 Å². The zero-order valence-corrected chi connectivity index (χ0v) is 10.3. The number of unbranched alkanes of at least 4 members (excludes halogenated alkanes) is 2. The highest BCUT2D eigenvalue weighted by Gasteiger charge is 2.14. The van der Waals surface area contributed by atoms with Crippen molar-refractivity contribution in [3.63, 3.8) is 0 Å². The van der Waals surface area contributed by atoms with E-state index in [0.717, 1.165) is 12.1 Å². The third-order valence-corrected chi connectivity index (χ3v) is 2.86. The van der Waals surface area contributed by atoms with Crippen molar-refractivity contribution in [2.24, 2.45) is 0 Å². The number of aliphatic hydroxyl groups is 1.